The molecule has 1 unspecified atom stereocenters. The zero-order chi connectivity index (χ0) is 14.5. The van der Waals surface area contributed by atoms with Crippen molar-refractivity contribution in [2.24, 2.45) is 0 Å². The van der Waals surface area contributed by atoms with E-state index in [1.54, 1.807) is 0 Å². The first kappa shape index (κ1) is 15.1. The van der Waals surface area contributed by atoms with E-state index < -0.39 is 0 Å². The maximum absolute atomic E-state index is 3.84. The van der Waals surface area contributed by atoms with Gasteiger partial charge in [0.1, 0.15) is 0 Å². The van der Waals surface area contributed by atoms with Crippen molar-refractivity contribution >= 4 is 0 Å². The molecule has 0 aromatic heterocycles. The molecule has 116 valence electrons. The fourth-order valence-corrected chi connectivity index (χ4v) is 4.28. The van der Waals surface area contributed by atoms with E-state index in [9.17, 15) is 0 Å². The van der Waals surface area contributed by atoms with Gasteiger partial charge >= 0.3 is 0 Å². The second-order valence-corrected chi connectivity index (χ2v) is 6.98. The number of hydrogen-bond acceptors (Lipinski definition) is 2. The highest BCUT2D eigenvalue weighted by molar-refractivity contribution is 5.15. The predicted molar refractivity (Wildman–Crippen MR) is 89.6 cm³/mol. The normalized spacial score (nSPS) is 25.5. The van der Waals surface area contributed by atoms with Crippen LogP contribution in [0.4, 0.5) is 0 Å². The van der Waals surface area contributed by atoms with E-state index in [-0.39, 0.29) is 0 Å². The third-order valence-electron chi connectivity index (χ3n) is 5.52. The van der Waals surface area contributed by atoms with Gasteiger partial charge in [-0.2, -0.15) is 0 Å². The molecule has 2 fully saturated rings. The van der Waals surface area contributed by atoms with Gasteiger partial charge in [0.2, 0.25) is 0 Å². The number of nitrogens with zero attached hydrogens (tertiary/aromatic N) is 1. The van der Waals surface area contributed by atoms with E-state index in [0.29, 0.717) is 11.6 Å². The Morgan fingerprint density at radius 2 is 1.95 bits per heavy atom. The summed E-state index contributed by atoms with van der Waals surface area (Å²) in [6.07, 6.45) is 9.43. The molecule has 3 rings (SSSR count). The minimum absolute atomic E-state index is 0.471. The summed E-state index contributed by atoms with van der Waals surface area (Å²) in [6.45, 7) is 6.00. The monoisotopic (exact) mass is 286 g/mol. The van der Waals surface area contributed by atoms with Gasteiger partial charge in [-0.25, -0.2) is 0 Å². The molecule has 0 amide bonds. The van der Waals surface area contributed by atoms with Crippen LogP contribution in [0.2, 0.25) is 0 Å². The van der Waals surface area contributed by atoms with Gasteiger partial charge in [0.05, 0.1) is 0 Å². The molecule has 1 saturated heterocycles. The largest absolute Gasteiger partial charge is 0.311 e. The van der Waals surface area contributed by atoms with Crippen LogP contribution in [-0.4, -0.2) is 36.1 Å². The van der Waals surface area contributed by atoms with Crippen LogP contribution < -0.4 is 5.32 Å². The second-order valence-electron chi connectivity index (χ2n) is 6.98. The van der Waals surface area contributed by atoms with E-state index in [4.69, 9.17) is 0 Å². The third-order valence-corrected chi connectivity index (χ3v) is 5.52. The van der Waals surface area contributed by atoms with E-state index in [0.717, 1.165) is 0 Å². The highest BCUT2D eigenvalue weighted by atomic mass is 15.3. The fourth-order valence-electron chi connectivity index (χ4n) is 4.28. The standard InChI is InChI=1S/C19H30N2/c1-2-8-18-15-21(14-11-17-9-4-3-5-10-17)19(16-20-18)12-6-7-13-19/h3-5,9-10,18,20H,2,6-8,11-16H2,1H3. The second kappa shape index (κ2) is 6.93. The van der Waals surface area contributed by atoms with Crippen LogP contribution in [-0.2, 0) is 6.42 Å². The van der Waals surface area contributed by atoms with Crippen LogP contribution in [0.3, 0.4) is 0 Å². The fraction of sp³-hybridized carbons (Fsp3) is 0.684. The van der Waals surface area contributed by atoms with Crippen molar-refractivity contribution in [3.63, 3.8) is 0 Å². The number of nitrogens with one attached hydrogen (secondary N) is 1. The molecule has 1 heterocycles. The maximum Gasteiger partial charge on any atom is 0.0334 e. The number of hydrogen-bond donors (Lipinski definition) is 1. The molecule has 0 bridgehead atoms. The van der Waals surface area contributed by atoms with Gasteiger partial charge in [-0.1, -0.05) is 56.5 Å². The molecule has 1 aromatic rings. The molecule has 1 aliphatic heterocycles. The van der Waals surface area contributed by atoms with E-state index in [1.807, 2.05) is 0 Å². The topological polar surface area (TPSA) is 15.3 Å². The lowest BCUT2D eigenvalue weighted by molar-refractivity contribution is 0.0421. The van der Waals surface area contributed by atoms with Crippen LogP contribution in [0.5, 0.6) is 0 Å². The molecule has 2 heteroatoms. The van der Waals surface area contributed by atoms with Crippen molar-refractivity contribution < 1.29 is 0 Å². The Labute approximate surface area is 129 Å². The van der Waals surface area contributed by atoms with Crippen molar-refractivity contribution in [3.05, 3.63) is 35.9 Å². The molecule has 2 aliphatic rings. The summed E-state index contributed by atoms with van der Waals surface area (Å²) in [5, 5.41) is 3.84. The number of rotatable bonds is 5. The smallest absolute Gasteiger partial charge is 0.0334 e. The first-order chi connectivity index (χ1) is 10.3. The third kappa shape index (κ3) is 3.49. The van der Waals surface area contributed by atoms with Crippen LogP contribution in [0.1, 0.15) is 51.0 Å². The van der Waals surface area contributed by atoms with Gasteiger partial charge < -0.3 is 5.32 Å². The Bertz CT molecular complexity index is 422. The van der Waals surface area contributed by atoms with Gasteiger partial charge in [-0.05, 0) is 31.2 Å². The van der Waals surface area contributed by atoms with Crippen molar-refractivity contribution in [1.82, 2.24) is 10.2 Å². The molecule has 1 aliphatic carbocycles. The maximum atomic E-state index is 3.84. The lowest BCUT2D eigenvalue weighted by atomic mass is 9.89. The van der Waals surface area contributed by atoms with E-state index in [2.05, 4.69) is 47.5 Å². The van der Waals surface area contributed by atoms with E-state index in [1.165, 1.54) is 70.1 Å². The molecular formula is C19H30N2. The van der Waals surface area contributed by atoms with Gasteiger partial charge in [-0.15, -0.1) is 0 Å². The SMILES string of the molecule is CCCC1CN(CCc2ccccc2)C2(CCCC2)CN1. The number of benzene rings is 1. The van der Waals surface area contributed by atoms with Crippen molar-refractivity contribution in [1.29, 1.82) is 0 Å². The lowest BCUT2D eigenvalue weighted by Gasteiger charge is -2.48. The first-order valence-electron chi connectivity index (χ1n) is 8.85. The van der Waals surface area contributed by atoms with Crippen LogP contribution in [0.15, 0.2) is 30.3 Å². The zero-order valence-corrected chi connectivity index (χ0v) is 13.5. The van der Waals surface area contributed by atoms with Gasteiger partial charge in [0, 0.05) is 31.2 Å². The molecule has 1 N–H and O–H groups in total. The molecule has 1 atom stereocenters. The van der Waals surface area contributed by atoms with Crippen LogP contribution >= 0.6 is 0 Å². The Balaban J connectivity index is 1.65. The van der Waals surface area contributed by atoms with Crippen molar-refractivity contribution in [2.75, 3.05) is 19.6 Å². The molecule has 2 nitrogen and oxygen atoms in total. The summed E-state index contributed by atoms with van der Waals surface area (Å²) in [5.74, 6) is 0. The first-order valence-corrected chi connectivity index (χ1v) is 8.85. The predicted octanol–water partition coefficient (Wildman–Crippen LogP) is 3.62. The summed E-state index contributed by atoms with van der Waals surface area (Å²) in [5.41, 5.74) is 1.95. The van der Waals surface area contributed by atoms with E-state index >= 15 is 0 Å². The Kier molecular flexibility index (Phi) is 4.97. The number of piperazine rings is 1. The summed E-state index contributed by atoms with van der Waals surface area (Å²) in [6, 6.07) is 11.7. The highest BCUT2D eigenvalue weighted by Crippen LogP contribution is 2.37. The average Bonchev–Trinajstić information content (AvgIpc) is 2.99. The molecule has 21 heavy (non-hydrogen) atoms. The van der Waals surface area contributed by atoms with Crippen molar-refractivity contribution in [3.8, 4) is 0 Å². The Morgan fingerprint density at radius 1 is 1.19 bits per heavy atom. The van der Waals surface area contributed by atoms with Gasteiger partial charge in [0.25, 0.3) is 0 Å². The minimum Gasteiger partial charge on any atom is -0.311 e. The minimum atomic E-state index is 0.471. The van der Waals surface area contributed by atoms with Gasteiger partial charge in [0.15, 0.2) is 0 Å². The van der Waals surface area contributed by atoms with Crippen molar-refractivity contribution in [2.45, 2.75) is 63.5 Å². The Morgan fingerprint density at radius 3 is 2.67 bits per heavy atom. The summed E-state index contributed by atoms with van der Waals surface area (Å²) in [4.78, 5) is 2.84. The molecule has 1 saturated carbocycles. The van der Waals surface area contributed by atoms with Gasteiger partial charge in [-0.3, -0.25) is 4.90 Å². The summed E-state index contributed by atoms with van der Waals surface area (Å²) in [7, 11) is 0. The zero-order valence-electron chi connectivity index (χ0n) is 13.5. The summed E-state index contributed by atoms with van der Waals surface area (Å²) < 4.78 is 0. The quantitative estimate of drug-likeness (QED) is 0.889. The lowest BCUT2D eigenvalue weighted by Crippen LogP contribution is -2.63. The highest BCUT2D eigenvalue weighted by Gasteiger charge is 2.42. The molecule has 1 aromatic carbocycles. The Hall–Kier alpha value is -0.860. The molecule has 1 spiro atoms. The van der Waals surface area contributed by atoms with Crippen LogP contribution in [0, 0.1) is 0 Å². The molecule has 0 radical (unpaired) electrons. The molecular weight excluding hydrogens is 256 g/mol. The summed E-state index contributed by atoms with van der Waals surface area (Å²) >= 11 is 0. The van der Waals surface area contributed by atoms with Crippen LogP contribution in [0.25, 0.3) is 0 Å². The average molecular weight is 286 g/mol.